The van der Waals surface area contributed by atoms with Crippen LogP contribution in [-0.2, 0) is 20.8 Å². The largest absolute Gasteiger partial charge is 0.379 e. The second-order valence-corrected chi connectivity index (χ2v) is 6.64. The maximum Gasteiger partial charge on any atom is 0.248 e. The first-order valence-corrected chi connectivity index (χ1v) is 8.02. The molecule has 1 aromatic heterocycles. The van der Waals surface area contributed by atoms with Crippen molar-refractivity contribution in [1.82, 2.24) is 15.0 Å². The van der Waals surface area contributed by atoms with Gasteiger partial charge in [-0.2, -0.15) is 0 Å². The van der Waals surface area contributed by atoms with Crippen LogP contribution in [0.25, 0.3) is 0 Å². The molecular formula is C16H25N3O4. The lowest BCUT2D eigenvalue weighted by Crippen LogP contribution is -2.32. The first-order chi connectivity index (χ1) is 11.0. The first-order valence-electron chi connectivity index (χ1n) is 8.02. The van der Waals surface area contributed by atoms with Crippen LogP contribution in [0.4, 0.5) is 0 Å². The van der Waals surface area contributed by atoms with Crippen molar-refractivity contribution >= 4 is 5.91 Å². The predicted octanol–water partition coefficient (Wildman–Crippen LogP) is 0.595. The number of carbonyl (C=O) groups excluding carboxylic acids is 1. The number of ether oxygens (including phenoxy) is 2. The summed E-state index contributed by atoms with van der Waals surface area (Å²) in [7, 11) is 3.48. The van der Waals surface area contributed by atoms with Crippen LogP contribution < -0.4 is 0 Å². The lowest BCUT2D eigenvalue weighted by Gasteiger charge is -2.21. The van der Waals surface area contributed by atoms with Crippen molar-refractivity contribution in [3.63, 3.8) is 0 Å². The molecule has 128 valence electrons. The van der Waals surface area contributed by atoms with Gasteiger partial charge in [0.15, 0.2) is 0 Å². The van der Waals surface area contributed by atoms with Gasteiger partial charge in [0.25, 0.3) is 0 Å². The van der Waals surface area contributed by atoms with Crippen LogP contribution in [-0.4, -0.2) is 73.5 Å². The SMILES string of the molecule is Cc1noc(C)c1CN1C[C@H](OCC(=O)N(C)C)[C@H]2COC[C@H]21. The minimum atomic E-state index is -0.00959. The smallest absolute Gasteiger partial charge is 0.248 e. The van der Waals surface area contributed by atoms with Gasteiger partial charge in [-0.05, 0) is 13.8 Å². The molecule has 7 heteroatoms. The van der Waals surface area contributed by atoms with E-state index in [4.69, 9.17) is 14.0 Å². The highest BCUT2D eigenvalue weighted by Gasteiger charge is 2.46. The lowest BCUT2D eigenvalue weighted by atomic mass is 10.0. The number of carbonyl (C=O) groups is 1. The van der Waals surface area contributed by atoms with E-state index < -0.39 is 0 Å². The molecule has 2 aliphatic heterocycles. The molecule has 3 atom stereocenters. The summed E-state index contributed by atoms with van der Waals surface area (Å²) in [6, 6.07) is 0.336. The van der Waals surface area contributed by atoms with E-state index in [1.54, 1.807) is 19.0 Å². The van der Waals surface area contributed by atoms with Gasteiger partial charge in [-0.1, -0.05) is 5.16 Å². The third kappa shape index (κ3) is 3.27. The minimum absolute atomic E-state index is 0.00959. The zero-order valence-electron chi connectivity index (χ0n) is 14.2. The fourth-order valence-electron chi connectivity index (χ4n) is 3.39. The highest BCUT2D eigenvalue weighted by molar-refractivity contribution is 5.76. The van der Waals surface area contributed by atoms with E-state index in [1.807, 2.05) is 13.8 Å². The molecule has 0 radical (unpaired) electrons. The fourth-order valence-corrected chi connectivity index (χ4v) is 3.39. The predicted molar refractivity (Wildman–Crippen MR) is 82.9 cm³/mol. The zero-order valence-corrected chi connectivity index (χ0v) is 14.2. The van der Waals surface area contributed by atoms with Gasteiger partial charge >= 0.3 is 0 Å². The third-order valence-electron chi connectivity index (χ3n) is 4.92. The number of aryl methyl sites for hydroxylation is 2. The Morgan fingerprint density at radius 1 is 1.39 bits per heavy atom. The van der Waals surface area contributed by atoms with Crippen LogP contribution in [0.5, 0.6) is 0 Å². The van der Waals surface area contributed by atoms with Gasteiger partial charge in [-0.15, -0.1) is 0 Å². The van der Waals surface area contributed by atoms with Crippen molar-refractivity contribution in [1.29, 1.82) is 0 Å². The summed E-state index contributed by atoms with van der Waals surface area (Å²) < 4.78 is 16.8. The van der Waals surface area contributed by atoms with Gasteiger partial charge < -0.3 is 18.9 Å². The summed E-state index contributed by atoms with van der Waals surface area (Å²) in [4.78, 5) is 15.7. The summed E-state index contributed by atoms with van der Waals surface area (Å²) in [5.41, 5.74) is 2.07. The third-order valence-corrected chi connectivity index (χ3v) is 4.92. The molecule has 0 N–H and O–H groups in total. The molecule has 0 aromatic carbocycles. The van der Waals surface area contributed by atoms with E-state index in [0.717, 1.165) is 36.7 Å². The zero-order chi connectivity index (χ0) is 16.6. The summed E-state index contributed by atoms with van der Waals surface area (Å²) in [6.07, 6.45) is 0.0341. The number of aromatic nitrogens is 1. The normalized spacial score (nSPS) is 27.4. The highest BCUT2D eigenvalue weighted by Crippen LogP contribution is 2.34. The quantitative estimate of drug-likeness (QED) is 0.790. The Kier molecular flexibility index (Phi) is 4.70. The van der Waals surface area contributed by atoms with Gasteiger partial charge in [0, 0.05) is 44.7 Å². The number of rotatable bonds is 5. The number of amides is 1. The Morgan fingerprint density at radius 3 is 2.83 bits per heavy atom. The molecule has 2 saturated heterocycles. The van der Waals surface area contributed by atoms with Gasteiger partial charge in [-0.25, -0.2) is 0 Å². The number of hydrogen-bond acceptors (Lipinski definition) is 6. The Morgan fingerprint density at radius 2 is 2.17 bits per heavy atom. The van der Waals surface area contributed by atoms with Crippen molar-refractivity contribution in [2.75, 3.05) is 40.5 Å². The maximum absolute atomic E-state index is 11.8. The van der Waals surface area contributed by atoms with E-state index in [2.05, 4.69) is 10.1 Å². The van der Waals surface area contributed by atoms with Crippen molar-refractivity contribution in [2.24, 2.45) is 5.92 Å². The van der Waals surface area contributed by atoms with Crippen molar-refractivity contribution in [3.8, 4) is 0 Å². The van der Waals surface area contributed by atoms with Crippen LogP contribution in [0.2, 0.25) is 0 Å². The molecule has 7 nitrogen and oxygen atoms in total. The Labute approximate surface area is 136 Å². The molecule has 0 saturated carbocycles. The standard InChI is InChI=1S/C16H25N3O4/c1-10-12(11(2)23-17-10)5-19-6-15(13-7-21-8-14(13)19)22-9-16(20)18(3)4/h13-15H,5-9H2,1-4H3/t13-,14+,15-/m0/s1. The molecule has 0 aliphatic carbocycles. The van der Waals surface area contributed by atoms with Crippen molar-refractivity contribution < 1.29 is 18.8 Å². The van der Waals surface area contributed by atoms with E-state index >= 15 is 0 Å². The van der Waals surface area contributed by atoms with E-state index in [9.17, 15) is 4.79 Å². The summed E-state index contributed by atoms with van der Waals surface area (Å²) in [6.45, 7) is 7.04. The van der Waals surface area contributed by atoms with E-state index in [-0.39, 0.29) is 18.6 Å². The van der Waals surface area contributed by atoms with Gasteiger partial charge in [-0.3, -0.25) is 9.69 Å². The topological polar surface area (TPSA) is 68.0 Å². The van der Waals surface area contributed by atoms with Crippen LogP contribution in [0.15, 0.2) is 4.52 Å². The molecule has 23 heavy (non-hydrogen) atoms. The number of fused-ring (bicyclic) bond motifs is 1. The molecule has 0 bridgehead atoms. The number of likely N-dealkylation sites (tertiary alicyclic amines) is 1. The molecule has 0 unspecified atom stereocenters. The van der Waals surface area contributed by atoms with E-state index in [0.29, 0.717) is 18.6 Å². The van der Waals surface area contributed by atoms with Gasteiger partial charge in [0.1, 0.15) is 12.4 Å². The van der Waals surface area contributed by atoms with Crippen molar-refractivity contribution in [3.05, 3.63) is 17.0 Å². The number of nitrogens with zero attached hydrogens (tertiary/aromatic N) is 3. The van der Waals surface area contributed by atoms with Crippen LogP contribution >= 0.6 is 0 Å². The minimum Gasteiger partial charge on any atom is -0.379 e. The first kappa shape index (κ1) is 16.4. The molecule has 3 heterocycles. The van der Waals surface area contributed by atoms with Crippen LogP contribution in [0, 0.1) is 19.8 Å². The highest BCUT2D eigenvalue weighted by atomic mass is 16.5. The molecular weight excluding hydrogens is 298 g/mol. The Hall–Kier alpha value is -1.44. The summed E-state index contributed by atoms with van der Waals surface area (Å²) >= 11 is 0. The maximum atomic E-state index is 11.8. The average Bonchev–Trinajstić information content (AvgIpc) is 3.18. The monoisotopic (exact) mass is 323 g/mol. The second kappa shape index (κ2) is 6.59. The molecule has 0 spiro atoms. The van der Waals surface area contributed by atoms with Crippen molar-refractivity contribution in [2.45, 2.75) is 32.5 Å². The average molecular weight is 323 g/mol. The Bertz CT molecular complexity index is 552. The lowest BCUT2D eigenvalue weighted by molar-refractivity contribution is -0.136. The summed E-state index contributed by atoms with van der Waals surface area (Å²) in [5.74, 6) is 1.18. The van der Waals surface area contributed by atoms with Crippen LogP contribution in [0.3, 0.4) is 0 Å². The van der Waals surface area contributed by atoms with Crippen LogP contribution in [0.1, 0.15) is 17.0 Å². The van der Waals surface area contributed by atoms with Gasteiger partial charge in [0.2, 0.25) is 5.91 Å². The fraction of sp³-hybridized carbons (Fsp3) is 0.750. The molecule has 1 amide bonds. The molecule has 2 aliphatic rings. The Balaban J connectivity index is 1.65. The molecule has 1 aromatic rings. The second-order valence-electron chi connectivity index (χ2n) is 6.64. The molecule has 2 fully saturated rings. The number of likely N-dealkylation sites (N-methyl/N-ethyl adjacent to an activating group) is 1. The summed E-state index contributed by atoms with van der Waals surface area (Å²) in [5, 5.41) is 4.03. The number of hydrogen-bond donors (Lipinski definition) is 0. The molecule has 3 rings (SSSR count). The van der Waals surface area contributed by atoms with E-state index in [1.165, 1.54) is 0 Å². The van der Waals surface area contributed by atoms with Gasteiger partial charge in [0.05, 0.1) is 25.0 Å².